The summed E-state index contributed by atoms with van der Waals surface area (Å²) in [4.78, 5) is 26.6. The number of benzene rings is 1. The Morgan fingerprint density at radius 1 is 1.35 bits per heavy atom. The molecule has 0 saturated carbocycles. The van der Waals surface area contributed by atoms with Crippen molar-refractivity contribution in [3.63, 3.8) is 0 Å². The number of fused-ring (bicyclic) bond motifs is 1. The first-order valence-electron chi connectivity index (χ1n) is 7.06. The van der Waals surface area contributed by atoms with Crippen LogP contribution in [0.25, 0.3) is 10.9 Å². The second-order valence-corrected chi connectivity index (χ2v) is 5.18. The highest BCUT2D eigenvalue weighted by atomic mass is 19.1. The van der Waals surface area contributed by atoms with Gasteiger partial charge < -0.3 is 14.8 Å². The van der Waals surface area contributed by atoms with Crippen molar-refractivity contribution in [2.45, 2.75) is 13.3 Å². The van der Waals surface area contributed by atoms with Crippen molar-refractivity contribution in [2.75, 3.05) is 6.54 Å². The minimum atomic E-state index is -0.558. The van der Waals surface area contributed by atoms with Crippen molar-refractivity contribution < 1.29 is 13.7 Å². The highest BCUT2D eigenvalue weighted by Crippen LogP contribution is 2.12. The van der Waals surface area contributed by atoms with Crippen molar-refractivity contribution in [3.8, 4) is 0 Å². The van der Waals surface area contributed by atoms with Crippen LogP contribution in [-0.4, -0.2) is 22.6 Å². The number of carbonyl (C=O) groups excluding carboxylic acids is 1. The van der Waals surface area contributed by atoms with Gasteiger partial charge in [-0.15, -0.1) is 0 Å². The van der Waals surface area contributed by atoms with E-state index in [-0.39, 0.29) is 5.56 Å². The maximum atomic E-state index is 13.1. The quantitative estimate of drug-likeness (QED) is 0.770. The Hall–Kier alpha value is -2.96. The summed E-state index contributed by atoms with van der Waals surface area (Å²) < 4.78 is 18.1. The average Bonchev–Trinajstić information content (AvgIpc) is 2.91. The van der Waals surface area contributed by atoms with Gasteiger partial charge in [0, 0.05) is 19.0 Å². The van der Waals surface area contributed by atoms with Gasteiger partial charge in [0.05, 0.1) is 11.2 Å². The summed E-state index contributed by atoms with van der Waals surface area (Å²) in [5, 5.41) is 7.07. The van der Waals surface area contributed by atoms with Gasteiger partial charge in [-0.25, -0.2) is 4.39 Å². The molecular weight excluding hydrogens is 301 g/mol. The highest BCUT2D eigenvalue weighted by Gasteiger charge is 2.12. The average molecular weight is 315 g/mol. The Labute approximate surface area is 130 Å². The molecule has 0 saturated heterocycles. The molecule has 1 aromatic carbocycles. The molecule has 2 heterocycles. The van der Waals surface area contributed by atoms with E-state index in [0.29, 0.717) is 29.6 Å². The Morgan fingerprint density at radius 3 is 2.91 bits per heavy atom. The molecule has 0 unspecified atom stereocenters. The number of carbonyl (C=O) groups is 1. The SMILES string of the molecule is Cc1cc(CCNC(=O)c2cc3ccc(F)cc3[nH]c2=O)no1. The van der Waals surface area contributed by atoms with Crippen molar-refractivity contribution in [1.82, 2.24) is 15.5 Å². The molecule has 3 aromatic rings. The molecular formula is C16H14FN3O3. The predicted molar refractivity (Wildman–Crippen MR) is 81.8 cm³/mol. The van der Waals surface area contributed by atoms with Gasteiger partial charge in [0.1, 0.15) is 17.1 Å². The van der Waals surface area contributed by atoms with Crippen molar-refractivity contribution in [2.24, 2.45) is 0 Å². The van der Waals surface area contributed by atoms with Crippen LogP contribution in [0.2, 0.25) is 0 Å². The molecule has 7 heteroatoms. The summed E-state index contributed by atoms with van der Waals surface area (Å²) in [6.07, 6.45) is 0.500. The summed E-state index contributed by atoms with van der Waals surface area (Å²) in [6, 6.07) is 7.23. The van der Waals surface area contributed by atoms with Gasteiger partial charge in [-0.2, -0.15) is 0 Å². The number of amides is 1. The summed E-state index contributed by atoms with van der Waals surface area (Å²) in [5.41, 5.74) is 0.508. The van der Waals surface area contributed by atoms with Gasteiger partial charge in [-0.1, -0.05) is 5.16 Å². The number of nitrogens with zero attached hydrogens (tertiary/aromatic N) is 1. The van der Waals surface area contributed by atoms with Crippen LogP contribution in [0.4, 0.5) is 4.39 Å². The third-order valence-corrected chi connectivity index (χ3v) is 3.40. The van der Waals surface area contributed by atoms with E-state index in [9.17, 15) is 14.0 Å². The van der Waals surface area contributed by atoms with E-state index in [1.54, 1.807) is 13.0 Å². The van der Waals surface area contributed by atoms with Gasteiger partial charge in [0.15, 0.2) is 0 Å². The van der Waals surface area contributed by atoms with E-state index in [1.165, 1.54) is 24.3 Å². The van der Waals surface area contributed by atoms with E-state index < -0.39 is 17.3 Å². The lowest BCUT2D eigenvalue weighted by Gasteiger charge is -2.05. The van der Waals surface area contributed by atoms with Gasteiger partial charge >= 0.3 is 0 Å². The zero-order chi connectivity index (χ0) is 16.4. The second-order valence-electron chi connectivity index (χ2n) is 5.18. The molecule has 0 radical (unpaired) electrons. The first-order valence-corrected chi connectivity index (χ1v) is 7.06. The maximum absolute atomic E-state index is 13.1. The highest BCUT2D eigenvalue weighted by molar-refractivity contribution is 5.97. The molecule has 118 valence electrons. The number of aromatic nitrogens is 2. The molecule has 0 aliphatic rings. The van der Waals surface area contributed by atoms with E-state index in [2.05, 4.69) is 15.5 Å². The minimum absolute atomic E-state index is 0.0135. The lowest BCUT2D eigenvalue weighted by molar-refractivity contribution is 0.0952. The maximum Gasteiger partial charge on any atom is 0.261 e. The molecule has 1 amide bonds. The predicted octanol–water partition coefficient (Wildman–Crippen LogP) is 1.94. The standard InChI is InChI=1S/C16H14FN3O3/c1-9-6-12(20-23-9)4-5-18-15(21)13-7-10-2-3-11(17)8-14(10)19-16(13)22/h2-3,6-8H,4-5H2,1H3,(H,18,21)(H,19,22). The summed E-state index contributed by atoms with van der Waals surface area (Å²) in [6.45, 7) is 2.11. The molecule has 0 aliphatic carbocycles. The van der Waals surface area contributed by atoms with Gasteiger partial charge in [-0.3, -0.25) is 9.59 Å². The summed E-state index contributed by atoms with van der Waals surface area (Å²) in [7, 11) is 0. The monoisotopic (exact) mass is 315 g/mol. The van der Waals surface area contributed by atoms with Crippen LogP contribution in [0, 0.1) is 12.7 Å². The molecule has 2 aromatic heterocycles. The molecule has 0 spiro atoms. The van der Waals surface area contributed by atoms with E-state index in [1.807, 2.05) is 0 Å². The van der Waals surface area contributed by atoms with Gasteiger partial charge in [0.25, 0.3) is 11.5 Å². The van der Waals surface area contributed by atoms with E-state index in [0.717, 1.165) is 5.69 Å². The number of aryl methyl sites for hydroxylation is 1. The van der Waals surface area contributed by atoms with Crippen LogP contribution in [0.15, 0.2) is 39.6 Å². The minimum Gasteiger partial charge on any atom is -0.361 e. The molecule has 0 atom stereocenters. The fourth-order valence-electron chi connectivity index (χ4n) is 2.28. The molecule has 3 rings (SSSR count). The first-order chi connectivity index (χ1) is 11.0. The number of halogens is 1. The largest absolute Gasteiger partial charge is 0.361 e. The zero-order valence-corrected chi connectivity index (χ0v) is 12.4. The van der Waals surface area contributed by atoms with Crippen molar-refractivity contribution in [3.05, 3.63) is 63.5 Å². The number of hydrogen-bond acceptors (Lipinski definition) is 4. The van der Waals surface area contributed by atoms with E-state index >= 15 is 0 Å². The molecule has 23 heavy (non-hydrogen) atoms. The number of H-pyrrole nitrogens is 1. The Balaban J connectivity index is 1.74. The molecule has 0 aliphatic heterocycles. The zero-order valence-electron chi connectivity index (χ0n) is 12.4. The fourth-order valence-corrected chi connectivity index (χ4v) is 2.28. The molecule has 0 fully saturated rings. The second kappa shape index (κ2) is 6.04. The Kier molecular flexibility index (Phi) is 3.92. The normalized spacial score (nSPS) is 10.9. The van der Waals surface area contributed by atoms with Crippen LogP contribution >= 0.6 is 0 Å². The van der Waals surface area contributed by atoms with Crippen LogP contribution in [0.1, 0.15) is 21.8 Å². The fraction of sp³-hybridized carbons (Fsp3) is 0.188. The third-order valence-electron chi connectivity index (χ3n) is 3.40. The first kappa shape index (κ1) is 15.0. The number of pyridine rings is 1. The van der Waals surface area contributed by atoms with Crippen LogP contribution in [0.3, 0.4) is 0 Å². The van der Waals surface area contributed by atoms with Crippen molar-refractivity contribution >= 4 is 16.8 Å². The van der Waals surface area contributed by atoms with Crippen molar-refractivity contribution in [1.29, 1.82) is 0 Å². The molecule has 6 nitrogen and oxygen atoms in total. The Bertz CT molecular complexity index is 930. The smallest absolute Gasteiger partial charge is 0.261 e. The lowest BCUT2D eigenvalue weighted by atomic mass is 10.1. The molecule has 2 N–H and O–H groups in total. The lowest BCUT2D eigenvalue weighted by Crippen LogP contribution is -2.31. The summed E-state index contributed by atoms with van der Waals surface area (Å²) in [5.74, 6) is -0.240. The van der Waals surface area contributed by atoms with Crippen LogP contribution in [-0.2, 0) is 6.42 Å². The van der Waals surface area contributed by atoms with Gasteiger partial charge in [-0.05, 0) is 36.6 Å². The summed E-state index contributed by atoms with van der Waals surface area (Å²) >= 11 is 0. The topological polar surface area (TPSA) is 88.0 Å². The van der Waals surface area contributed by atoms with Crippen LogP contribution in [0.5, 0.6) is 0 Å². The van der Waals surface area contributed by atoms with E-state index in [4.69, 9.17) is 4.52 Å². The molecule has 0 bridgehead atoms. The number of nitrogens with one attached hydrogen (secondary N) is 2. The van der Waals surface area contributed by atoms with Crippen LogP contribution < -0.4 is 10.9 Å². The van der Waals surface area contributed by atoms with Gasteiger partial charge in [0.2, 0.25) is 0 Å². The number of hydrogen-bond donors (Lipinski definition) is 2. The Morgan fingerprint density at radius 2 is 2.17 bits per heavy atom. The number of aromatic amines is 1. The third kappa shape index (κ3) is 3.28. The number of rotatable bonds is 4.